The van der Waals surface area contributed by atoms with Gasteiger partial charge in [0.2, 0.25) is 0 Å². The van der Waals surface area contributed by atoms with Crippen molar-refractivity contribution in [3.8, 4) is 0 Å². The summed E-state index contributed by atoms with van der Waals surface area (Å²) in [5, 5.41) is 10.3. The smallest absolute Gasteiger partial charge is 0.142 e. The van der Waals surface area contributed by atoms with Gasteiger partial charge in [-0.15, -0.1) is 0 Å². The molecule has 2 rings (SSSR count). The lowest BCUT2D eigenvalue weighted by Gasteiger charge is -2.13. The fourth-order valence-corrected chi connectivity index (χ4v) is 2.48. The van der Waals surface area contributed by atoms with Crippen LogP contribution in [0, 0.1) is 3.57 Å². The molecule has 0 saturated carbocycles. The van der Waals surface area contributed by atoms with E-state index in [1.54, 1.807) is 6.20 Å². The van der Waals surface area contributed by atoms with Crippen LogP contribution in [-0.2, 0) is 7.05 Å². The highest BCUT2D eigenvalue weighted by molar-refractivity contribution is 14.1. The fourth-order valence-electron chi connectivity index (χ4n) is 1.50. The van der Waals surface area contributed by atoms with Crippen molar-refractivity contribution in [2.75, 3.05) is 0 Å². The number of hydrogen-bond acceptors (Lipinski definition) is 2. The lowest BCUT2D eigenvalue weighted by Crippen LogP contribution is -2.07. The maximum atomic E-state index is 10.3. The van der Waals surface area contributed by atoms with Crippen LogP contribution in [0.25, 0.3) is 0 Å². The molecule has 5 heteroatoms. The Hall–Kier alpha value is -0.400. The Balaban J connectivity index is 2.45. The van der Waals surface area contributed by atoms with Crippen molar-refractivity contribution >= 4 is 38.5 Å². The minimum Gasteiger partial charge on any atom is -0.380 e. The van der Waals surface area contributed by atoms with Crippen molar-refractivity contribution in [3.63, 3.8) is 0 Å². The number of halogens is 2. The second-order valence-corrected chi connectivity index (χ2v) is 5.56. The highest BCUT2D eigenvalue weighted by atomic mass is 127. The molecule has 0 amide bonds. The van der Waals surface area contributed by atoms with Crippen molar-refractivity contribution in [1.82, 2.24) is 9.55 Å². The topological polar surface area (TPSA) is 38.0 Å². The molecule has 0 radical (unpaired) electrons. The summed E-state index contributed by atoms with van der Waals surface area (Å²) in [6, 6.07) is 5.87. The predicted molar refractivity (Wildman–Crippen MR) is 74.1 cm³/mol. The molecule has 84 valence electrons. The monoisotopic (exact) mass is 392 g/mol. The first-order chi connectivity index (χ1) is 7.59. The van der Waals surface area contributed by atoms with Crippen LogP contribution in [0.5, 0.6) is 0 Å². The summed E-state index contributed by atoms with van der Waals surface area (Å²) in [7, 11) is 1.87. The molecule has 1 N–H and O–H groups in total. The number of imidazole rings is 1. The van der Waals surface area contributed by atoms with Gasteiger partial charge in [-0.2, -0.15) is 0 Å². The molecule has 0 spiro atoms. The molecule has 0 aliphatic carbocycles. The summed E-state index contributed by atoms with van der Waals surface area (Å²) in [5.74, 6) is 0.641. The van der Waals surface area contributed by atoms with Crippen molar-refractivity contribution in [3.05, 3.63) is 50.0 Å². The summed E-state index contributed by atoms with van der Waals surface area (Å²) in [6.07, 6.45) is 2.80. The number of rotatable bonds is 2. The molecule has 1 atom stereocenters. The SMILES string of the molecule is Cn1ccnc1C(O)c1cc(I)ccc1Br. The van der Waals surface area contributed by atoms with E-state index in [1.165, 1.54) is 0 Å². The molecule has 0 bridgehead atoms. The molecule has 3 nitrogen and oxygen atoms in total. The van der Waals surface area contributed by atoms with Gasteiger partial charge in [-0.1, -0.05) is 15.9 Å². The quantitative estimate of drug-likeness (QED) is 0.798. The second kappa shape index (κ2) is 4.85. The third kappa shape index (κ3) is 2.31. The summed E-state index contributed by atoms with van der Waals surface area (Å²) < 4.78 is 3.80. The van der Waals surface area contributed by atoms with Gasteiger partial charge in [0.15, 0.2) is 0 Å². The molecule has 0 aliphatic heterocycles. The van der Waals surface area contributed by atoms with Crippen molar-refractivity contribution in [2.24, 2.45) is 7.05 Å². The molecule has 0 aliphatic rings. The molecule has 1 aromatic carbocycles. The normalized spacial score (nSPS) is 12.8. The first-order valence-corrected chi connectivity index (χ1v) is 6.57. The molecule has 2 aromatic rings. The van der Waals surface area contributed by atoms with E-state index in [1.807, 2.05) is 36.0 Å². The van der Waals surface area contributed by atoms with E-state index >= 15 is 0 Å². The molecule has 16 heavy (non-hydrogen) atoms. The average Bonchev–Trinajstić information content (AvgIpc) is 2.67. The van der Waals surface area contributed by atoms with E-state index in [4.69, 9.17) is 0 Å². The number of benzene rings is 1. The summed E-state index contributed by atoms with van der Waals surface area (Å²) >= 11 is 5.66. The van der Waals surface area contributed by atoms with Crippen molar-refractivity contribution < 1.29 is 5.11 Å². The number of aliphatic hydroxyl groups is 1. The maximum Gasteiger partial charge on any atom is 0.142 e. The van der Waals surface area contributed by atoms with Gasteiger partial charge in [-0.25, -0.2) is 4.98 Å². The minimum atomic E-state index is -0.705. The minimum absolute atomic E-state index is 0.641. The van der Waals surface area contributed by atoms with Crippen LogP contribution in [0.4, 0.5) is 0 Å². The van der Waals surface area contributed by atoms with Gasteiger partial charge >= 0.3 is 0 Å². The number of aliphatic hydroxyl groups excluding tert-OH is 1. The van der Waals surface area contributed by atoms with E-state index in [-0.39, 0.29) is 0 Å². The van der Waals surface area contributed by atoms with Crippen LogP contribution in [0.1, 0.15) is 17.5 Å². The van der Waals surface area contributed by atoms with Gasteiger partial charge in [-0.3, -0.25) is 0 Å². The highest BCUT2D eigenvalue weighted by Gasteiger charge is 2.17. The second-order valence-electron chi connectivity index (χ2n) is 3.46. The standard InChI is InChI=1S/C11H10BrIN2O/c1-15-5-4-14-11(15)10(16)8-6-7(13)2-3-9(8)12/h2-6,10,16H,1H3. The zero-order chi connectivity index (χ0) is 11.7. The van der Waals surface area contributed by atoms with Gasteiger partial charge in [0, 0.05) is 33.0 Å². The van der Waals surface area contributed by atoms with Gasteiger partial charge in [0.25, 0.3) is 0 Å². The molecule has 1 aromatic heterocycles. The van der Waals surface area contributed by atoms with Crippen LogP contribution >= 0.6 is 38.5 Å². The van der Waals surface area contributed by atoms with Gasteiger partial charge in [0.05, 0.1) is 0 Å². The lowest BCUT2D eigenvalue weighted by molar-refractivity contribution is 0.205. The zero-order valence-corrected chi connectivity index (χ0v) is 12.3. The van der Waals surface area contributed by atoms with E-state index in [2.05, 4.69) is 43.5 Å². The Labute approximate surface area is 116 Å². The predicted octanol–water partition coefficient (Wildman–Crippen LogP) is 2.87. The number of nitrogens with zero attached hydrogens (tertiary/aromatic N) is 2. The largest absolute Gasteiger partial charge is 0.380 e. The molecular weight excluding hydrogens is 383 g/mol. The lowest BCUT2D eigenvalue weighted by atomic mass is 10.1. The average molecular weight is 393 g/mol. The summed E-state index contributed by atoms with van der Waals surface area (Å²) in [6.45, 7) is 0. The number of hydrogen-bond donors (Lipinski definition) is 1. The molecule has 0 saturated heterocycles. The Kier molecular flexibility index (Phi) is 3.66. The fraction of sp³-hybridized carbons (Fsp3) is 0.182. The van der Waals surface area contributed by atoms with Crippen molar-refractivity contribution in [2.45, 2.75) is 6.10 Å². The summed E-state index contributed by atoms with van der Waals surface area (Å²) in [4.78, 5) is 4.15. The van der Waals surface area contributed by atoms with Gasteiger partial charge < -0.3 is 9.67 Å². The molecular formula is C11H10BrIN2O. The third-order valence-corrected chi connectivity index (χ3v) is 3.75. The van der Waals surface area contributed by atoms with Crippen LogP contribution < -0.4 is 0 Å². The highest BCUT2D eigenvalue weighted by Crippen LogP contribution is 2.28. The van der Waals surface area contributed by atoms with Gasteiger partial charge in [0.1, 0.15) is 11.9 Å². The summed E-state index contributed by atoms with van der Waals surface area (Å²) in [5.41, 5.74) is 0.834. The number of aromatic nitrogens is 2. The van der Waals surface area contributed by atoms with Crippen LogP contribution in [0.3, 0.4) is 0 Å². The van der Waals surface area contributed by atoms with E-state index in [0.717, 1.165) is 13.6 Å². The first-order valence-electron chi connectivity index (χ1n) is 4.70. The van der Waals surface area contributed by atoms with Gasteiger partial charge in [-0.05, 0) is 40.8 Å². The maximum absolute atomic E-state index is 10.3. The molecule has 1 unspecified atom stereocenters. The Morgan fingerprint density at radius 2 is 2.25 bits per heavy atom. The number of aryl methyl sites for hydroxylation is 1. The van der Waals surface area contributed by atoms with Crippen LogP contribution in [0.2, 0.25) is 0 Å². The van der Waals surface area contributed by atoms with Crippen molar-refractivity contribution in [1.29, 1.82) is 0 Å². The Morgan fingerprint density at radius 1 is 1.50 bits per heavy atom. The first kappa shape index (κ1) is 12.1. The van der Waals surface area contributed by atoms with Crippen LogP contribution in [-0.4, -0.2) is 14.7 Å². The van der Waals surface area contributed by atoms with E-state index in [0.29, 0.717) is 5.82 Å². The van der Waals surface area contributed by atoms with E-state index < -0.39 is 6.10 Å². The Bertz CT molecular complexity index is 512. The van der Waals surface area contributed by atoms with Crippen LogP contribution in [0.15, 0.2) is 35.1 Å². The van der Waals surface area contributed by atoms with E-state index in [9.17, 15) is 5.11 Å². The molecule has 0 fully saturated rings. The Morgan fingerprint density at radius 3 is 2.88 bits per heavy atom. The third-order valence-electron chi connectivity index (χ3n) is 2.36. The zero-order valence-electron chi connectivity index (χ0n) is 8.56. The molecule has 1 heterocycles.